The predicted octanol–water partition coefficient (Wildman–Crippen LogP) is 0.952. The normalized spacial score (nSPS) is 18.6. The van der Waals surface area contributed by atoms with Gasteiger partial charge in [0.2, 0.25) is 5.91 Å². The molecule has 1 aliphatic rings. The molecule has 1 saturated heterocycles. The van der Waals surface area contributed by atoms with Crippen LogP contribution in [0.25, 0.3) is 0 Å². The number of nitrogens with zero attached hydrogens (tertiary/aromatic N) is 2. The van der Waals surface area contributed by atoms with Gasteiger partial charge in [-0.15, -0.1) is 0 Å². The molecular formula is C12H14N4O. The lowest BCUT2D eigenvalue weighted by molar-refractivity contribution is -0.119. The Labute approximate surface area is 99.9 Å². The molecule has 5 heteroatoms. The minimum Gasteiger partial charge on any atom is -0.368 e. The Morgan fingerprint density at radius 3 is 3.12 bits per heavy atom. The number of amides is 1. The van der Waals surface area contributed by atoms with Crippen molar-refractivity contribution in [3.63, 3.8) is 0 Å². The molecule has 1 atom stereocenters. The van der Waals surface area contributed by atoms with E-state index < -0.39 is 0 Å². The largest absolute Gasteiger partial charge is 0.368 e. The van der Waals surface area contributed by atoms with Gasteiger partial charge in [-0.2, -0.15) is 5.26 Å². The fourth-order valence-electron chi connectivity index (χ4n) is 1.88. The molecule has 0 bridgehead atoms. The van der Waals surface area contributed by atoms with Crippen molar-refractivity contribution in [2.24, 2.45) is 0 Å². The van der Waals surface area contributed by atoms with Crippen LogP contribution < -0.4 is 10.6 Å². The lowest BCUT2D eigenvalue weighted by Crippen LogP contribution is -2.32. The van der Waals surface area contributed by atoms with Crippen LogP contribution in [0.3, 0.4) is 0 Å². The van der Waals surface area contributed by atoms with Gasteiger partial charge in [0, 0.05) is 24.7 Å². The van der Waals surface area contributed by atoms with Gasteiger partial charge in [0.25, 0.3) is 0 Å². The molecule has 0 aliphatic carbocycles. The van der Waals surface area contributed by atoms with Gasteiger partial charge in [0.05, 0.1) is 11.6 Å². The van der Waals surface area contributed by atoms with Crippen molar-refractivity contribution in [3.05, 3.63) is 23.4 Å². The highest BCUT2D eigenvalue weighted by Crippen LogP contribution is 2.11. The Bertz CT molecular complexity index is 478. The molecule has 0 aromatic carbocycles. The van der Waals surface area contributed by atoms with E-state index in [2.05, 4.69) is 21.7 Å². The van der Waals surface area contributed by atoms with Crippen LogP contribution in [0.15, 0.2) is 12.1 Å². The number of anilines is 1. The summed E-state index contributed by atoms with van der Waals surface area (Å²) in [7, 11) is 0. The van der Waals surface area contributed by atoms with Crippen LogP contribution in [0.4, 0.5) is 5.82 Å². The molecule has 17 heavy (non-hydrogen) atoms. The summed E-state index contributed by atoms with van der Waals surface area (Å²) in [4.78, 5) is 15.3. The van der Waals surface area contributed by atoms with Crippen LogP contribution >= 0.6 is 0 Å². The van der Waals surface area contributed by atoms with Crippen LogP contribution in [0.5, 0.6) is 0 Å². The van der Waals surface area contributed by atoms with Gasteiger partial charge in [-0.3, -0.25) is 4.79 Å². The summed E-state index contributed by atoms with van der Waals surface area (Å²) in [6, 6.07) is 5.71. The summed E-state index contributed by atoms with van der Waals surface area (Å²) >= 11 is 0. The average Bonchev–Trinajstić information content (AvgIpc) is 2.72. The average molecular weight is 230 g/mol. The Hall–Kier alpha value is -2.09. The number of hydrogen-bond acceptors (Lipinski definition) is 4. The molecule has 0 radical (unpaired) electrons. The van der Waals surface area contributed by atoms with E-state index in [0.29, 0.717) is 24.3 Å². The first-order valence-electron chi connectivity index (χ1n) is 5.59. The van der Waals surface area contributed by atoms with E-state index in [9.17, 15) is 4.79 Å². The van der Waals surface area contributed by atoms with Crippen LogP contribution in [-0.2, 0) is 4.79 Å². The minimum absolute atomic E-state index is 0.103. The zero-order valence-electron chi connectivity index (χ0n) is 9.66. The lowest BCUT2D eigenvalue weighted by Gasteiger charge is -2.12. The second kappa shape index (κ2) is 4.83. The maximum Gasteiger partial charge on any atom is 0.220 e. The van der Waals surface area contributed by atoms with Gasteiger partial charge in [0.1, 0.15) is 5.82 Å². The maximum absolute atomic E-state index is 11.0. The molecular weight excluding hydrogens is 216 g/mol. The van der Waals surface area contributed by atoms with E-state index in [1.165, 1.54) is 0 Å². The molecule has 2 N–H and O–H groups in total. The molecule has 1 aromatic heterocycles. The first-order chi connectivity index (χ1) is 8.17. The number of nitrogens with one attached hydrogen (secondary N) is 2. The number of aromatic nitrogens is 1. The minimum atomic E-state index is 0.103. The van der Waals surface area contributed by atoms with Crippen molar-refractivity contribution >= 4 is 11.7 Å². The summed E-state index contributed by atoms with van der Waals surface area (Å²) < 4.78 is 0. The van der Waals surface area contributed by atoms with Crippen molar-refractivity contribution in [3.8, 4) is 6.07 Å². The van der Waals surface area contributed by atoms with Gasteiger partial charge in [0.15, 0.2) is 0 Å². The van der Waals surface area contributed by atoms with Gasteiger partial charge in [-0.25, -0.2) is 4.98 Å². The van der Waals surface area contributed by atoms with Gasteiger partial charge in [-0.1, -0.05) is 0 Å². The highest BCUT2D eigenvalue weighted by atomic mass is 16.1. The number of rotatable bonds is 3. The van der Waals surface area contributed by atoms with Crippen LogP contribution in [0.1, 0.15) is 24.1 Å². The lowest BCUT2D eigenvalue weighted by atomic mass is 10.2. The molecule has 2 rings (SSSR count). The number of pyridine rings is 1. The fraction of sp³-hybridized carbons (Fsp3) is 0.417. The van der Waals surface area contributed by atoms with E-state index in [4.69, 9.17) is 5.26 Å². The second-order valence-electron chi connectivity index (χ2n) is 4.18. The number of carbonyl (C=O) groups is 1. The van der Waals surface area contributed by atoms with Gasteiger partial charge < -0.3 is 10.6 Å². The van der Waals surface area contributed by atoms with E-state index >= 15 is 0 Å². The van der Waals surface area contributed by atoms with E-state index in [1.807, 2.05) is 6.92 Å². The Morgan fingerprint density at radius 1 is 1.65 bits per heavy atom. The summed E-state index contributed by atoms with van der Waals surface area (Å²) in [5.41, 5.74) is 1.40. The molecule has 1 fully saturated rings. The molecule has 1 unspecified atom stereocenters. The molecule has 0 spiro atoms. The van der Waals surface area contributed by atoms with Crippen LogP contribution in [0, 0.1) is 18.3 Å². The third-order valence-corrected chi connectivity index (χ3v) is 2.70. The zero-order chi connectivity index (χ0) is 12.3. The quantitative estimate of drug-likeness (QED) is 0.810. The SMILES string of the molecule is Cc1cc(C#N)cc(NCC2CCC(=O)N2)n1. The zero-order valence-corrected chi connectivity index (χ0v) is 9.66. The molecule has 2 heterocycles. The third-order valence-electron chi connectivity index (χ3n) is 2.70. The van der Waals surface area contributed by atoms with Crippen LogP contribution in [0.2, 0.25) is 0 Å². The fourth-order valence-corrected chi connectivity index (χ4v) is 1.88. The van der Waals surface area contributed by atoms with Crippen molar-refractivity contribution in [2.75, 3.05) is 11.9 Å². The monoisotopic (exact) mass is 230 g/mol. The van der Waals surface area contributed by atoms with E-state index in [0.717, 1.165) is 12.1 Å². The van der Waals surface area contributed by atoms with Crippen molar-refractivity contribution in [1.29, 1.82) is 5.26 Å². The second-order valence-corrected chi connectivity index (χ2v) is 4.18. The molecule has 1 aliphatic heterocycles. The molecule has 88 valence electrons. The summed E-state index contributed by atoms with van der Waals surface area (Å²) in [5.74, 6) is 0.786. The summed E-state index contributed by atoms with van der Waals surface area (Å²) in [6.45, 7) is 2.50. The Kier molecular flexibility index (Phi) is 3.24. The molecule has 5 nitrogen and oxygen atoms in total. The summed E-state index contributed by atoms with van der Waals surface area (Å²) in [5, 5.41) is 14.9. The van der Waals surface area contributed by atoms with Gasteiger partial charge >= 0.3 is 0 Å². The Morgan fingerprint density at radius 2 is 2.47 bits per heavy atom. The predicted molar refractivity (Wildman–Crippen MR) is 63.3 cm³/mol. The van der Waals surface area contributed by atoms with Crippen molar-refractivity contribution in [1.82, 2.24) is 10.3 Å². The number of aryl methyl sites for hydroxylation is 1. The third kappa shape index (κ3) is 2.94. The topological polar surface area (TPSA) is 77.8 Å². The van der Waals surface area contributed by atoms with Crippen LogP contribution in [-0.4, -0.2) is 23.5 Å². The smallest absolute Gasteiger partial charge is 0.220 e. The van der Waals surface area contributed by atoms with Gasteiger partial charge in [-0.05, 0) is 25.5 Å². The first kappa shape index (κ1) is 11.4. The Balaban J connectivity index is 1.97. The van der Waals surface area contributed by atoms with E-state index in [-0.39, 0.29) is 11.9 Å². The number of hydrogen-bond donors (Lipinski definition) is 2. The molecule has 0 saturated carbocycles. The van der Waals surface area contributed by atoms with Crippen molar-refractivity contribution < 1.29 is 4.79 Å². The number of carbonyl (C=O) groups excluding carboxylic acids is 1. The molecule has 1 aromatic rings. The molecule has 1 amide bonds. The van der Waals surface area contributed by atoms with E-state index in [1.54, 1.807) is 12.1 Å². The number of nitriles is 1. The maximum atomic E-state index is 11.0. The highest BCUT2D eigenvalue weighted by Gasteiger charge is 2.20. The van der Waals surface area contributed by atoms with Crippen molar-refractivity contribution in [2.45, 2.75) is 25.8 Å². The summed E-state index contributed by atoms with van der Waals surface area (Å²) in [6.07, 6.45) is 1.44. The first-order valence-corrected chi connectivity index (χ1v) is 5.59. The highest BCUT2D eigenvalue weighted by molar-refractivity contribution is 5.78. The standard InChI is InChI=1S/C12H14N4O/c1-8-4-9(6-13)5-11(15-8)14-7-10-2-3-12(17)16-10/h4-5,10H,2-3,7H2,1H3,(H,14,15)(H,16,17).